The summed E-state index contributed by atoms with van der Waals surface area (Å²) in [6.45, 7) is 12.5. The summed E-state index contributed by atoms with van der Waals surface area (Å²) in [5, 5.41) is 0.904. The third-order valence-corrected chi connectivity index (χ3v) is 16.0. The van der Waals surface area contributed by atoms with E-state index in [2.05, 4.69) is 57.6 Å². The van der Waals surface area contributed by atoms with E-state index in [9.17, 15) is 24.0 Å². The third-order valence-electron chi connectivity index (χ3n) is 15.3. The van der Waals surface area contributed by atoms with E-state index in [4.69, 9.17) is 39.5 Å². The van der Waals surface area contributed by atoms with Gasteiger partial charge in [-0.25, -0.2) is 19.7 Å². The molecule has 312 valence electrons. The summed E-state index contributed by atoms with van der Waals surface area (Å²) in [4.78, 5) is 81.6. The molecule has 3 aromatic rings. The molecular formula is C43H53Cl3N6O6. The number of aromatic nitrogens is 6. The topological polar surface area (TPSA) is 178 Å². The van der Waals surface area contributed by atoms with E-state index in [1.165, 1.54) is 0 Å². The van der Waals surface area contributed by atoms with Crippen molar-refractivity contribution in [3.05, 3.63) is 70.3 Å². The van der Waals surface area contributed by atoms with Crippen LogP contribution in [0.3, 0.4) is 0 Å². The van der Waals surface area contributed by atoms with Gasteiger partial charge in [-0.3, -0.25) is 24.2 Å². The maximum atomic E-state index is 12.0. The number of carbonyl (C=O) groups excluding carboxylic acids is 3. The number of carbonyl (C=O) groups is 3. The molecule has 9 atom stereocenters. The highest BCUT2D eigenvalue weighted by Crippen LogP contribution is 2.53. The van der Waals surface area contributed by atoms with E-state index < -0.39 is 5.69 Å². The van der Waals surface area contributed by atoms with Gasteiger partial charge in [0.2, 0.25) is 16.4 Å². The van der Waals surface area contributed by atoms with Gasteiger partial charge in [0.05, 0.1) is 18.5 Å². The molecule has 0 unspecified atom stereocenters. The van der Waals surface area contributed by atoms with Gasteiger partial charge < -0.3 is 9.72 Å². The Bertz CT molecular complexity index is 2300. The summed E-state index contributed by atoms with van der Waals surface area (Å²) in [5.41, 5.74) is 4.32. The van der Waals surface area contributed by atoms with Crippen LogP contribution in [0.5, 0.6) is 5.88 Å². The maximum absolute atomic E-state index is 12.0. The van der Waals surface area contributed by atoms with Gasteiger partial charge in [-0.2, -0.15) is 4.98 Å². The highest BCUT2D eigenvalue weighted by atomic mass is 35.5. The van der Waals surface area contributed by atoms with Crippen molar-refractivity contribution >= 4 is 52.2 Å². The Morgan fingerprint density at radius 2 is 1.00 bits per heavy atom. The zero-order valence-electron chi connectivity index (χ0n) is 34.3. The van der Waals surface area contributed by atoms with Crippen molar-refractivity contribution in [2.45, 2.75) is 135 Å². The fraction of sp³-hybridized carbons (Fsp3) is 0.651. The van der Waals surface area contributed by atoms with Crippen LogP contribution in [0.25, 0.3) is 0 Å². The molecule has 9 rings (SSSR count). The van der Waals surface area contributed by atoms with Crippen molar-refractivity contribution in [1.29, 1.82) is 0 Å². The Kier molecular flexibility index (Phi) is 11.6. The molecule has 6 aliphatic carbocycles. The van der Waals surface area contributed by atoms with Gasteiger partial charge in [0.15, 0.2) is 0 Å². The maximum Gasteiger partial charge on any atom is 0.325 e. The van der Waals surface area contributed by atoms with Crippen LogP contribution in [0.4, 0.5) is 0 Å². The summed E-state index contributed by atoms with van der Waals surface area (Å²) >= 11 is 18.2. The molecule has 0 spiro atoms. The Labute approximate surface area is 353 Å². The predicted octanol–water partition coefficient (Wildman–Crippen LogP) is 7.44. The summed E-state index contributed by atoms with van der Waals surface area (Å²) in [6, 6.07) is 0. The van der Waals surface area contributed by atoms with Gasteiger partial charge in [0.25, 0.3) is 5.56 Å². The zero-order chi connectivity index (χ0) is 42.1. The van der Waals surface area contributed by atoms with Gasteiger partial charge >= 0.3 is 5.69 Å². The van der Waals surface area contributed by atoms with Crippen LogP contribution in [-0.4, -0.2) is 54.4 Å². The standard InChI is InChI=1S/C15H19ClN2O2.C14H16Cl2N2O.C14H18N2O3/c1-8-10-5-4-9-12(15(10,2)7-6-11(8)19)17-14(16)18-13(9)20-3;1-7-9-4-3-8-11(17-13(16)18-12(8)15)14(9,2)6-5-10(7)19;1-7-9-4-3-8-11(15-13(19)16-12(8)18)14(9,2)6-5-10(7)17/h8,10H,4-7H2,1-3H3;7,9H,3-6H2,1-2H3;7,9H,3-6H2,1-2H3,(H2,15,16,18,19)/t8-,10-,15-;2*7-,9-,14-/m111/s1. The summed E-state index contributed by atoms with van der Waals surface area (Å²) < 4.78 is 5.36. The first-order valence-corrected chi connectivity index (χ1v) is 21.7. The van der Waals surface area contributed by atoms with Crippen molar-refractivity contribution in [3.63, 3.8) is 0 Å². The lowest BCUT2D eigenvalue weighted by Crippen LogP contribution is -2.50. The molecule has 15 heteroatoms. The Balaban J connectivity index is 0.000000132. The first-order chi connectivity index (χ1) is 27.3. The summed E-state index contributed by atoms with van der Waals surface area (Å²) in [7, 11) is 1.61. The monoisotopic (exact) mass is 854 g/mol. The van der Waals surface area contributed by atoms with Crippen molar-refractivity contribution in [3.8, 4) is 5.88 Å². The average Bonchev–Trinajstić information content (AvgIpc) is 3.17. The highest BCUT2D eigenvalue weighted by Gasteiger charge is 2.52. The molecule has 58 heavy (non-hydrogen) atoms. The van der Waals surface area contributed by atoms with Gasteiger partial charge in [0.1, 0.15) is 22.5 Å². The van der Waals surface area contributed by atoms with Crippen LogP contribution in [0.1, 0.15) is 133 Å². The first-order valence-electron chi connectivity index (χ1n) is 20.6. The molecule has 3 aromatic heterocycles. The lowest BCUT2D eigenvalue weighted by Gasteiger charge is -2.47. The average molecular weight is 856 g/mol. The Hall–Kier alpha value is -3.48. The quantitative estimate of drug-likeness (QED) is 0.185. The molecule has 0 saturated heterocycles. The van der Waals surface area contributed by atoms with Crippen molar-refractivity contribution < 1.29 is 19.1 Å². The van der Waals surface area contributed by atoms with Crippen LogP contribution in [0, 0.1) is 35.5 Å². The minimum atomic E-state index is -0.449. The largest absolute Gasteiger partial charge is 0.481 e. The number of methoxy groups -OCH3 is 1. The number of nitrogens with zero attached hydrogens (tertiary/aromatic N) is 4. The van der Waals surface area contributed by atoms with Crippen LogP contribution < -0.4 is 16.0 Å². The van der Waals surface area contributed by atoms with Crippen LogP contribution in [0.15, 0.2) is 9.59 Å². The number of halogens is 3. The molecule has 3 fully saturated rings. The second kappa shape index (κ2) is 15.8. The van der Waals surface area contributed by atoms with E-state index in [0.29, 0.717) is 77.9 Å². The number of Topliss-reactive ketones (excluding diaryl/α,β-unsaturated/α-hetero) is 3. The molecule has 0 bridgehead atoms. The molecule has 0 amide bonds. The van der Waals surface area contributed by atoms with E-state index in [-0.39, 0.29) is 56.0 Å². The molecule has 12 nitrogen and oxygen atoms in total. The molecule has 3 heterocycles. The second-order valence-electron chi connectivity index (χ2n) is 18.2. The predicted molar refractivity (Wildman–Crippen MR) is 221 cm³/mol. The van der Waals surface area contributed by atoms with Gasteiger partial charge in [-0.15, -0.1) is 0 Å². The Morgan fingerprint density at radius 3 is 1.52 bits per heavy atom. The first kappa shape index (κ1) is 42.6. The van der Waals surface area contributed by atoms with Crippen molar-refractivity contribution in [1.82, 2.24) is 29.9 Å². The lowest BCUT2D eigenvalue weighted by atomic mass is 9.56. The van der Waals surface area contributed by atoms with Gasteiger partial charge in [-0.05, 0) is 98.7 Å². The minimum absolute atomic E-state index is 0.00897. The number of rotatable bonds is 1. The number of H-pyrrole nitrogens is 2. The number of aromatic amines is 2. The number of ether oxygens (including phenoxy) is 1. The highest BCUT2D eigenvalue weighted by molar-refractivity contribution is 6.32. The fourth-order valence-corrected chi connectivity index (χ4v) is 12.5. The molecule has 0 radical (unpaired) electrons. The molecule has 0 aliphatic heterocycles. The van der Waals surface area contributed by atoms with Gasteiger partial charge in [0, 0.05) is 75.6 Å². The van der Waals surface area contributed by atoms with E-state index in [0.717, 1.165) is 73.2 Å². The molecule has 0 aromatic carbocycles. The third kappa shape index (κ3) is 7.16. The lowest BCUT2D eigenvalue weighted by molar-refractivity contribution is -0.129. The Morgan fingerprint density at radius 1 is 0.569 bits per heavy atom. The molecule has 2 N–H and O–H groups in total. The second-order valence-corrected chi connectivity index (χ2v) is 19.2. The van der Waals surface area contributed by atoms with E-state index in [1.54, 1.807) is 7.11 Å². The minimum Gasteiger partial charge on any atom is -0.481 e. The number of nitrogens with one attached hydrogen (secondary N) is 2. The van der Waals surface area contributed by atoms with E-state index in [1.807, 2.05) is 13.8 Å². The SMILES string of the molecule is COc1nc(Cl)nc2c1CC[C@@H]1[C@@H](C)C(=O)CC[C@@]21C.C[C@H]1C(=O)CC[C@@]2(C)c3[nH]c(=O)[nH]c(=O)c3CC[C@H]12.C[C@H]1C(=O)CC[C@@]2(C)c3nc(Cl)nc(Cl)c3CC[C@H]12. The fourth-order valence-electron chi connectivity index (χ4n) is 11.9. The van der Waals surface area contributed by atoms with Crippen LogP contribution in [-0.2, 0) is 49.9 Å². The number of hydrogen-bond donors (Lipinski definition) is 2. The van der Waals surface area contributed by atoms with Crippen LogP contribution in [0.2, 0.25) is 15.7 Å². The van der Waals surface area contributed by atoms with Crippen molar-refractivity contribution in [2.75, 3.05) is 7.11 Å². The molecular weight excluding hydrogens is 803 g/mol. The smallest absolute Gasteiger partial charge is 0.325 e. The molecule has 6 aliphatic rings. The molecule has 3 saturated carbocycles. The summed E-state index contributed by atoms with van der Waals surface area (Å²) in [5.74, 6) is 2.74. The van der Waals surface area contributed by atoms with Gasteiger partial charge in [-0.1, -0.05) is 53.1 Å². The number of fused-ring (bicyclic) bond motifs is 9. The number of hydrogen-bond acceptors (Lipinski definition) is 10. The number of ketones is 3. The zero-order valence-corrected chi connectivity index (χ0v) is 36.6. The van der Waals surface area contributed by atoms with E-state index >= 15 is 0 Å². The normalized spacial score (nSPS) is 33.3. The van der Waals surface area contributed by atoms with Crippen molar-refractivity contribution in [2.24, 2.45) is 35.5 Å². The van der Waals surface area contributed by atoms with Crippen LogP contribution >= 0.6 is 34.8 Å². The summed E-state index contributed by atoms with van der Waals surface area (Å²) in [6.07, 6.45) is 9.28.